The van der Waals surface area contributed by atoms with E-state index in [9.17, 15) is 4.79 Å². The number of hydrogen-bond donors (Lipinski definition) is 3. The van der Waals surface area contributed by atoms with Gasteiger partial charge < -0.3 is 16.6 Å². The zero-order chi connectivity index (χ0) is 9.14. The van der Waals surface area contributed by atoms with E-state index in [1.165, 1.54) is 11.0 Å². The highest BCUT2D eigenvalue weighted by Gasteiger charge is 2.12. The van der Waals surface area contributed by atoms with Crippen molar-refractivity contribution in [2.75, 3.05) is 5.73 Å². The van der Waals surface area contributed by atoms with Crippen molar-refractivity contribution >= 4 is 11.9 Å². The van der Waals surface area contributed by atoms with E-state index in [2.05, 4.69) is 10.1 Å². The molecule has 0 fully saturated rings. The van der Waals surface area contributed by atoms with Gasteiger partial charge >= 0.3 is 5.97 Å². The van der Waals surface area contributed by atoms with Gasteiger partial charge in [0.25, 0.3) is 0 Å². The average Bonchev–Trinajstić information content (AvgIpc) is 2.35. The summed E-state index contributed by atoms with van der Waals surface area (Å²) in [5.41, 5.74) is 10.4. The summed E-state index contributed by atoms with van der Waals surface area (Å²) in [6.45, 7) is 0.0690. The van der Waals surface area contributed by atoms with E-state index in [0.717, 1.165) is 0 Å². The number of nitrogens with zero attached hydrogens (tertiary/aromatic N) is 3. The zero-order valence-electron chi connectivity index (χ0n) is 6.21. The fourth-order valence-electron chi connectivity index (χ4n) is 0.677. The Balaban J connectivity index is 2.58. The molecule has 1 aromatic rings. The van der Waals surface area contributed by atoms with Crippen LogP contribution in [0.25, 0.3) is 0 Å². The lowest BCUT2D eigenvalue weighted by Gasteiger charge is -2.04. The van der Waals surface area contributed by atoms with Crippen molar-refractivity contribution in [1.29, 1.82) is 0 Å². The van der Waals surface area contributed by atoms with Crippen LogP contribution < -0.4 is 11.5 Å². The van der Waals surface area contributed by atoms with E-state index >= 15 is 0 Å². The molecule has 7 heteroatoms. The normalized spacial score (nSPS) is 12.8. The first-order valence-corrected chi connectivity index (χ1v) is 3.23. The first kappa shape index (κ1) is 8.47. The topological polar surface area (TPSA) is 120 Å². The molecule has 1 atom stereocenters. The largest absolute Gasteiger partial charge is 0.480 e. The van der Waals surface area contributed by atoms with Gasteiger partial charge in [-0.2, -0.15) is 0 Å². The molecule has 7 nitrogen and oxygen atoms in total. The summed E-state index contributed by atoms with van der Waals surface area (Å²) in [4.78, 5) is 13.9. The number of hydrogen-bond acceptors (Lipinski definition) is 5. The third kappa shape index (κ3) is 1.92. The molecule has 12 heavy (non-hydrogen) atoms. The maximum absolute atomic E-state index is 10.3. The Morgan fingerprint density at radius 2 is 2.50 bits per heavy atom. The molecule has 66 valence electrons. The Kier molecular flexibility index (Phi) is 2.24. The van der Waals surface area contributed by atoms with Gasteiger partial charge in [0.1, 0.15) is 12.4 Å². The van der Waals surface area contributed by atoms with Gasteiger partial charge in [-0.1, -0.05) is 0 Å². The van der Waals surface area contributed by atoms with E-state index in [-0.39, 0.29) is 12.5 Å². The highest BCUT2D eigenvalue weighted by atomic mass is 16.4. The lowest BCUT2D eigenvalue weighted by atomic mass is 10.3. The Bertz CT molecular complexity index is 283. The van der Waals surface area contributed by atoms with Crippen LogP contribution in [0.3, 0.4) is 0 Å². The summed E-state index contributed by atoms with van der Waals surface area (Å²) in [5, 5.41) is 12.1. The molecular weight excluding hydrogens is 162 g/mol. The van der Waals surface area contributed by atoms with Crippen molar-refractivity contribution in [2.24, 2.45) is 5.73 Å². The number of anilines is 1. The fourth-order valence-corrected chi connectivity index (χ4v) is 0.677. The number of carbonyl (C=O) groups is 1. The van der Waals surface area contributed by atoms with E-state index in [0.29, 0.717) is 0 Å². The molecule has 5 N–H and O–H groups in total. The van der Waals surface area contributed by atoms with Gasteiger partial charge in [0, 0.05) is 0 Å². The van der Waals surface area contributed by atoms with Gasteiger partial charge in [0.2, 0.25) is 5.95 Å². The van der Waals surface area contributed by atoms with Crippen LogP contribution in [-0.2, 0) is 11.3 Å². The van der Waals surface area contributed by atoms with Crippen LogP contribution in [0.2, 0.25) is 0 Å². The Morgan fingerprint density at radius 3 is 2.92 bits per heavy atom. The second-order valence-electron chi connectivity index (χ2n) is 2.27. The molecule has 1 aromatic heterocycles. The van der Waals surface area contributed by atoms with Crippen LogP contribution in [0.5, 0.6) is 0 Å². The van der Waals surface area contributed by atoms with Crippen LogP contribution in [0.1, 0.15) is 0 Å². The molecular formula is C5H9N5O2. The maximum Gasteiger partial charge on any atom is 0.322 e. The number of carboxylic acids is 1. The van der Waals surface area contributed by atoms with Crippen molar-refractivity contribution in [3.8, 4) is 0 Å². The molecule has 0 saturated carbocycles. The van der Waals surface area contributed by atoms with E-state index in [1.54, 1.807) is 0 Å². The highest BCUT2D eigenvalue weighted by Crippen LogP contribution is 1.91. The SMILES string of the molecule is Nc1ncn(CC(N)C(=O)O)n1. The van der Waals surface area contributed by atoms with Crippen molar-refractivity contribution in [3.63, 3.8) is 0 Å². The third-order valence-corrected chi connectivity index (χ3v) is 1.26. The summed E-state index contributed by atoms with van der Waals surface area (Å²) in [7, 11) is 0. The molecule has 0 saturated heterocycles. The van der Waals surface area contributed by atoms with Crippen molar-refractivity contribution in [3.05, 3.63) is 6.33 Å². The number of aliphatic carboxylic acids is 1. The minimum absolute atomic E-state index is 0.0690. The number of nitrogens with two attached hydrogens (primary N) is 2. The van der Waals surface area contributed by atoms with E-state index in [4.69, 9.17) is 16.6 Å². The van der Waals surface area contributed by atoms with Gasteiger partial charge in [0.05, 0.1) is 6.54 Å². The smallest absolute Gasteiger partial charge is 0.322 e. The van der Waals surface area contributed by atoms with Crippen LogP contribution >= 0.6 is 0 Å². The molecule has 1 unspecified atom stereocenters. The fraction of sp³-hybridized carbons (Fsp3) is 0.400. The number of rotatable bonds is 3. The number of aromatic nitrogens is 3. The predicted octanol–water partition coefficient (Wildman–Crippen LogP) is -1.73. The molecule has 0 aliphatic rings. The van der Waals surface area contributed by atoms with Crippen LogP contribution in [-0.4, -0.2) is 31.9 Å². The number of nitrogen functional groups attached to an aromatic ring is 1. The molecule has 1 heterocycles. The quantitative estimate of drug-likeness (QED) is 0.497. The molecule has 0 spiro atoms. The summed E-state index contributed by atoms with van der Waals surface area (Å²) in [5.74, 6) is -0.975. The summed E-state index contributed by atoms with van der Waals surface area (Å²) in [6, 6.07) is -0.980. The number of carboxylic acid groups (broad SMARTS) is 1. The standard InChI is InChI=1S/C5H9N5O2/c6-3(4(11)12)1-10-2-8-5(7)9-10/h2-3H,1,6H2,(H2,7,9)(H,11,12). The van der Waals surface area contributed by atoms with Gasteiger partial charge in [-0.05, 0) is 0 Å². The average molecular weight is 171 g/mol. The van der Waals surface area contributed by atoms with E-state index in [1.807, 2.05) is 0 Å². The summed E-state index contributed by atoms with van der Waals surface area (Å²) >= 11 is 0. The molecule has 0 aliphatic carbocycles. The molecule has 1 rings (SSSR count). The molecule has 0 aliphatic heterocycles. The second kappa shape index (κ2) is 3.18. The molecule has 0 radical (unpaired) electrons. The Morgan fingerprint density at radius 1 is 1.83 bits per heavy atom. The van der Waals surface area contributed by atoms with Crippen molar-refractivity contribution in [2.45, 2.75) is 12.6 Å². The monoisotopic (exact) mass is 171 g/mol. The lowest BCUT2D eigenvalue weighted by molar-refractivity contribution is -0.138. The molecule has 0 aromatic carbocycles. The summed E-state index contributed by atoms with van der Waals surface area (Å²) in [6.07, 6.45) is 1.33. The van der Waals surface area contributed by atoms with E-state index < -0.39 is 12.0 Å². The van der Waals surface area contributed by atoms with Crippen LogP contribution in [0, 0.1) is 0 Å². The molecule has 0 amide bonds. The van der Waals surface area contributed by atoms with Gasteiger partial charge in [-0.25, -0.2) is 9.67 Å². The van der Waals surface area contributed by atoms with Crippen molar-refractivity contribution in [1.82, 2.24) is 14.8 Å². The third-order valence-electron chi connectivity index (χ3n) is 1.26. The first-order chi connectivity index (χ1) is 5.59. The minimum Gasteiger partial charge on any atom is -0.480 e. The van der Waals surface area contributed by atoms with Gasteiger partial charge in [0.15, 0.2) is 0 Å². The molecule has 0 bridgehead atoms. The maximum atomic E-state index is 10.3. The second-order valence-corrected chi connectivity index (χ2v) is 2.27. The Labute approximate surface area is 68.0 Å². The highest BCUT2D eigenvalue weighted by molar-refractivity contribution is 5.72. The summed E-state index contributed by atoms with van der Waals surface area (Å²) < 4.78 is 1.29. The first-order valence-electron chi connectivity index (χ1n) is 3.23. The Hall–Kier alpha value is -1.63. The lowest BCUT2D eigenvalue weighted by Crippen LogP contribution is -2.34. The van der Waals surface area contributed by atoms with Gasteiger partial charge in [-0.3, -0.25) is 4.79 Å². The van der Waals surface area contributed by atoms with Crippen molar-refractivity contribution < 1.29 is 9.90 Å². The minimum atomic E-state index is -1.08. The van der Waals surface area contributed by atoms with Gasteiger partial charge in [-0.15, -0.1) is 5.10 Å². The van der Waals surface area contributed by atoms with Crippen LogP contribution in [0.15, 0.2) is 6.33 Å². The van der Waals surface area contributed by atoms with Crippen LogP contribution in [0.4, 0.5) is 5.95 Å². The zero-order valence-corrected chi connectivity index (χ0v) is 6.21. The predicted molar refractivity (Wildman–Crippen MR) is 40.0 cm³/mol.